The maximum atomic E-state index is 13.8. The second-order valence-corrected chi connectivity index (χ2v) is 6.01. The summed E-state index contributed by atoms with van der Waals surface area (Å²) in [6.07, 6.45) is 0. The summed E-state index contributed by atoms with van der Waals surface area (Å²) in [5, 5.41) is 3.32. The Balaban J connectivity index is 2.76. The first-order valence-corrected chi connectivity index (χ1v) is 7.25. The number of rotatable bonds is 7. The fourth-order valence-electron chi connectivity index (χ4n) is 2.62. The van der Waals surface area contributed by atoms with Crippen LogP contribution in [0.4, 0.5) is 8.78 Å². The van der Waals surface area contributed by atoms with Crippen molar-refractivity contribution in [1.82, 2.24) is 5.32 Å². The number of halogens is 2. The first kappa shape index (κ1) is 17.1. The molecule has 1 unspecified atom stereocenters. The Morgan fingerprint density at radius 2 is 1.70 bits per heavy atom. The molecule has 20 heavy (non-hydrogen) atoms. The van der Waals surface area contributed by atoms with E-state index in [9.17, 15) is 8.78 Å². The van der Waals surface area contributed by atoms with Gasteiger partial charge in [-0.05, 0) is 30.4 Å². The van der Waals surface area contributed by atoms with Crippen LogP contribution in [0.25, 0.3) is 0 Å². The van der Waals surface area contributed by atoms with Crippen molar-refractivity contribution in [2.45, 2.75) is 33.7 Å². The van der Waals surface area contributed by atoms with Crippen LogP contribution in [0.5, 0.6) is 0 Å². The predicted octanol–water partition coefficient (Wildman–Crippen LogP) is 3.48. The minimum Gasteiger partial charge on any atom is -0.329 e. The van der Waals surface area contributed by atoms with Crippen LogP contribution in [0.2, 0.25) is 0 Å². The molecule has 0 saturated carbocycles. The van der Waals surface area contributed by atoms with Gasteiger partial charge in [-0.2, -0.15) is 0 Å². The number of hydrogen-bond donors (Lipinski definition) is 2. The molecule has 0 heterocycles. The third kappa shape index (κ3) is 4.53. The summed E-state index contributed by atoms with van der Waals surface area (Å²) in [5.41, 5.74) is 6.16. The van der Waals surface area contributed by atoms with Gasteiger partial charge in [0.15, 0.2) is 0 Å². The van der Waals surface area contributed by atoms with Crippen LogP contribution in [0.1, 0.15) is 39.3 Å². The fraction of sp³-hybridized carbons (Fsp3) is 0.625. The lowest BCUT2D eigenvalue weighted by atomic mass is 9.85. The number of hydrogen-bond acceptors (Lipinski definition) is 2. The molecular formula is C16H26F2N2. The Morgan fingerprint density at radius 1 is 1.10 bits per heavy atom. The number of nitrogens with two attached hydrogens (primary N) is 1. The van der Waals surface area contributed by atoms with Crippen LogP contribution < -0.4 is 11.1 Å². The highest BCUT2D eigenvalue weighted by Gasteiger charge is 2.20. The van der Waals surface area contributed by atoms with Crippen LogP contribution >= 0.6 is 0 Å². The van der Waals surface area contributed by atoms with E-state index in [4.69, 9.17) is 5.73 Å². The van der Waals surface area contributed by atoms with Gasteiger partial charge in [-0.1, -0.05) is 33.8 Å². The van der Waals surface area contributed by atoms with Crippen molar-refractivity contribution >= 4 is 0 Å². The van der Waals surface area contributed by atoms with Crippen molar-refractivity contribution < 1.29 is 8.78 Å². The van der Waals surface area contributed by atoms with E-state index in [0.29, 0.717) is 23.3 Å². The van der Waals surface area contributed by atoms with Gasteiger partial charge in [-0.3, -0.25) is 0 Å². The molecule has 3 N–H and O–H groups in total. The molecule has 0 bridgehead atoms. The third-order valence-electron chi connectivity index (χ3n) is 3.89. The molecule has 0 spiro atoms. The van der Waals surface area contributed by atoms with Gasteiger partial charge >= 0.3 is 0 Å². The highest BCUT2D eigenvalue weighted by Crippen LogP contribution is 2.22. The summed E-state index contributed by atoms with van der Waals surface area (Å²) in [5.74, 6) is 0.466. The van der Waals surface area contributed by atoms with Gasteiger partial charge in [0.2, 0.25) is 0 Å². The molecule has 2 nitrogen and oxygen atoms in total. The van der Waals surface area contributed by atoms with Crippen molar-refractivity contribution in [2.24, 2.45) is 23.5 Å². The Labute approximate surface area is 120 Å². The molecule has 0 saturated heterocycles. The molecule has 0 radical (unpaired) electrons. The largest absolute Gasteiger partial charge is 0.329 e. The first-order valence-electron chi connectivity index (χ1n) is 7.25. The summed E-state index contributed by atoms with van der Waals surface area (Å²) < 4.78 is 26.7. The highest BCUT2D eigenvalue weighted by molar-refractivity contribution is 5.22. The van der Waals surface area contributed by atoms with Crippen LogP contribution in [0.15, 0.2) is 18.2 Å². The maximum Gasteiger partial charge on any atom is 0.130 e. The van der Waals surface area contributed by atoms with Crippen molar-refractivity contribution in [1.29, 1.82) is 0 Å². The summed E-state index contributed by atoms with van der Waals surface area (Å²) in [4.78, 5) is 0. The summed E-state index contributed by atoms with van der Waals surface area (Å²) in [6, 6.07) is 3.36. The lowest BCUT2D eigenvalue weighted by Crippen LogP contribution is -2.36. The van der Waals surface area contributed by atoms with Crippen LogP contribution in [-0.4, -0.2) is 13.1 Å². The van der Waals surface area contributed by atoms with Crippen molar-refractivity contribution in [3.63, 3.8) is 0 Å². The zero-order chi connectivity index (χ0) is 15.3. The molecule has 4 heteroatoms. The Bertz CT molecular complexity index is 411. The van der Waals surface area contributed by atoms with Gasteiger partial charge in [0.05, 0.1) is 0 Å². The zero-order valence-corrected chi connectivity index (χ0v) is 12.8. The van der Waals surface area contributed by atoms with Gasteiger partial charge in [0.1, 0.15) is 11.6 Å². The summed E-state index contributed by atoms with van der Waals surface area (Å²) >= 11 is 0. The van der Waals surface area contributed by atoms with Gasteiger partial charge in [0, 0.05) is 24.2 Å². The van der Waals surface area contributed by atoms with Crippen molar-refractivity contribution in [3.05, 3.63) is 35.4 Å². The van der Waals surface area contributed by atoms with Crippen LogP contribution in [0.3, 0.4) is 0 Å². The summed E-state index contributed by atoms with van der Waals surface area (Å²) in [7, 11) is 0. The monoisotopic (exact) mass is 284 g/mol. The molecule has 0 amide bonds. The Morgan fingerprint density at radius 3 is 2.15 bits per heavy atom. The molecule has 1 atom stereocenters. The normalized spacial score (nSPS) is 13.5. The third-order valence-corrected chi connectivity index (χ3v) is 3.89. The van der Waals surface area contributed by atoms with E-state index in [1.807, 2.05) is 0 Å². The average molecular weight is 284 g/mol. The average Bonchev–Trinajstić information content (AvgIpc) is 2.34. The predicted molar refractivity (Wildman–Crippen MR) is 79.3 cm³/mol. The molecule has 0 aromatic heterocycles. The minimum atomic E-state index is -0.566. The molecule has 0 aliphatic rings. The molecule has 1 aromatic carbocycles. The zero-order valence-electron chi connectivity index (χ0n) is 12.8. The highest BCUT2D eigenvalue weighted by atomic mass is 19.1. The van der Waals surface area contributed by atoms with E-state index in [1.54, 1.807) is 0 Å². The topological polar surface area (TPSA) is 38.0 Å². The number of benzene rings is 1. The van der Waals surface area contributed by atoms with E-state index in [2.05, 4.69) is 33.0 Å². The van der Waals surface area contributed by atoms with E-state index in [0.717, 1.165) is 12.6 Å². The molecule has 114 valence electrons. The SMILES string of the molecule is CC(C)C(CNC(CN)c1ccc(F)cc1F)C(C)C. The van der Waals surface area contributed by atoms with Gasteiger partial charge < -0.3 is 11.1 Å². The van der Waals surface area contributed by atoms with E-state index in [1.165, 1.54) is 12.1 Å². The lowest BCUT2D eigenvalue weighted by molar-refractivity contribution is 0.265. The number of nitrogens with one attached hydrogen (secondary N) is 1. The van der Waals surface area contributed by atoms with Crippen molar-refractivity contribution in [3.8, 4) is 0 Å². The molecule has 1 rings (SSSR count). The first-order chi connectivity index (χ1) is 9.36. The second kappa shape index (κ2) is 7.70. The van der Waals surface area contributed by atoms with Gasteiger partial charge in [-0.25, -0.2) is 8.78 Å². The van der Waals surface area contributed by atoms with Crippen LogP contribution in [-0.2, 0) is 0 Å². The van der Waals surface area contributed by atoms with E-state index < -0.39 is 11.6 Å². The Hall–Kier alpha value is -1.00. The molecule has 0 aliphatic heterocycles. The van der Waals surface area contributed by atoms with E-state index >= 15 is 0 Å². The fourth-order valence-corrected chi connectivity index (χ4v) is 2.62. The van der Waals surface area contributed by atoms with Gasteiger partial charge in [-0.15, -0.1) is 0 Å². The Kier molecular flexibility index (Phi) is 6.56. The quantitative estimate of drug-likeness (QED) is 0.804. The second-order valence-electron chi connectivity index (χ2n) is 6.01. The maximum absolute atomic E-state index is 13.8. The lowest BCUT2D eigenvalue weighted by Gasteiger charge is -2.28. The molecule has 0 fully saturated rings. The standard InChI is InChI=1S/C16H26F2N2/c1-10(2)14(11(3)4)9-20-16(8-19)13-6-5-12(17)7-15(13)18/h5-7,10-11,14,16,20H,8-9,19H2,1-4H3. The summed E-state index contributed by atoms with van der Waals surface area (Å²) in [6.45, 7) is 9.79. The van der Waals surface area contributed by atoms with Crippen LogP contribution in [0, 0.1) is 29.4 Å². The molecule has 0 aliphatic carbocycles. The van der Waals surface area contributed by atoms with E-state index in [-0.39, 0.29) is 12.6 Å². The minimum absolute atomic E-state index is 0.282. The smallest absolute Gasteiger partial charge is 0.130 e. The van der Waals surface area contributed by atoms with Crippen molar-refractivity contribution in [2.75, 3.05) is 13.1 Å². The molecule has 1 aromatic rings. The molecular weight excluding hydrogens is 258 g/mol. The van der Waals surface area contributed by atoms with Gasteiger partial charge in [0.25, 0.3) is 0 Å².